The number of hydrogen-bond donors (Lipinski definition) is 0. The summed E-state index contributed by atoms with van der Waals surface area (Å²) in [5.74, 6) is 1.59. The second kappa shape index (κ2) is 9.10. The fraction of sp³-hybridized carbons (Fsp3) is 0.308. The van der Waals surface area contributed by atoms with Crippen LogP contribution in [0.4, 0.5) is 10.1 Å². The Labute approximate surface area is 193 Å². The van der Waals surface area contributed by atoms with Crippen LogP contribution in [0.1, 0.15) is 30.5 Å². The molecule has 33 heavy (non-hydrogen) atoms. The third-order valence-corrected chi connectivity index (χ3v) is 6.09. The molecule has 0 aliphatic carbocycles. The number of hydrogen-bond acceptors (Lipinski definition) is 5. The zero-order valence-corrected chi connectivity index (χ0v) is 19.0. The number of fused-ring (bicyclic) bond motifs is 1. The monoisotopic (exact) mass is 445 g/mol. The zero-order chi connectivity index (χ0) is 22.8. The van der Waals surface area contributed by atoms with Crippen LogP contribution in [-0.4, -0.2) is 47.1 Å². The van der Waals surface area contributed by atoms with E-state index >= 15 is 0 Å². The van der Waals surface area contributed by atoms with Crippen LogP contribution in [0, 0.1) is 12.7 Å². The average Bonchev–Trinajstić information content (AvgIpc) is 3.14. The molecule has 6 nitrogen and oxygen atoms in total. The third kappa shape index (κ3) is 4.35. The van der Waals surface area contributed by atoms with E-state index in [9.17, 15) is 4.39 Å². The molecule has 3 heterocycles. The number of aromatic nitrogens is 2. The molecule has 0 bridgehead atoms. The summed E-state index contributed by atoms with van der Waals surface area (Å²) in [6.45, 7) is 4.51. The van der Waals surface area contributed by atoms with E-state index in [1.807, 2.05) is 29.8 Å². The summed E-state index contributed by atoms with van der Waals surface area (Å²) in [5.41, 5.74) is 5.20. The van der Waals surface area contributed by atoms with Gasteiger partial charge in [-0.3, -0.25) is 15.0 Å². The van der Waals surface area contributed by atoms with E-state index in [4.69, 9.17) is 9.73 Å². The first-order chi connectivity index (χ1) is 16.1. The molecule has 0 radical (unpaired) electrons. The zero-order valence-electron chi connectivity index (χ0n) is 19.0. The summed E-state index contributed by atoms with van der Waals surface area (Å²) in [6, 6.07) is 13.0. The number of imidazole rings is 1. The third-order valence-electron chi connectivity index (χ3n) is 6.09. The standard InChI is InChI=1S/C26H28FN5O/c1-19-17-30(18-29-19)24-11-6-20(16-25(24)33-2)15-21-5-3-13-32-26(21)28-12-4-14-31(32)23-9-7-22(27)8-10-23/h6-11,15-18H,3-5,12-14H2,1-2H3/b21-15+. The molecule has 0 N–H and O–H groups in total. The van der Waals surface area contributed by atoms with Crippen molar-refractivity contribution < 1.29 is 9.13 Å². The highest BCUT2D eigenvalue weighted by molar-refractivity contribution is 6.03. The second-order valence-electron chi connectivity index (χ2n) is 8.41. The molecule has 7 heteroatoms. The largest absolute Gasteiger partial charge is 0.495 e. The van der Waals surface area contributed by atoms with Gasteiger partial charge in [0.2, 0.25) is 0 Å². The molecule has 170 valence electrons. The minimum Gasteiger partial charge on any atom is -0.495 e. The first-order valence-corrected chi connectivity index (χ1v) is 11.4. The van der Waals surface area contributed by atoms with Crippen molar-refractivity contribution in [1.82, 2.24) is 14.6 Å². The normalized spacial score (nSPS) is 17.5. The van der Waals surface area contributed by atoms with Crippen LogP contribution >= 0.6 is 0 Å². The van der Waals surface area contributed by atoms with Gasteiger partial charge in [-0.2, -0.15) is 0 Å². The highest BCUT2D eigenvalue weighted by atomic mass is 19.1. The molecule has 0 atom stereocenters. The Morgan fingerprint density at radius 2 is 1.85 bits per heavy atom. The van der Waals surface area contributed by atoms with Gasteiger partial charge >= 0.3 is 0 Å². The molecule has 1 saturated heterocycles. The number of amidine groups is 1. The van der Waals surface area contributed by atoms with Crippen molar-refractivity contribution in [2.45, 2.75) is 26.2 Å². The minimum atomic E-state index is -0.218. The smallest absolute Gasteiger partial charge is 0.145 e. The molecule has 0 saturated carbocycles. The van der Waals surface area contributed by atoms with Gasteiger partial charge in [0.25, 0.3) is 0 Å². The molecular formula is C26H28FN5O. The summed E-state index contributed by atoms with van der Waals surface area (Å²) in [5, 5.41) is 4.50. The predicted octanol–water partition coefficient (Wildman–Crippen LogP) is 5.03. The van der Waals surface area contributed by atoms with Gasteiger partial charge in [-0.15, -0.1) is 0 Å². The minimum absolute atomic E-state index is 0.218. The van der Waals surface area contributed by atoms with Gasteiger partial charge < -0.3 is 9.30 Å². The van der Waals surface area contributed by atoms with Gasteiger partial charge in [-0.1, -0.05) is 6.07 Å². The first-order valence-electron chi connectivity index (χ1n) is 11.4. The van der Waals surface area contributed by atoms with E-state index in [0.29, 0.717) is 0 Å². The number of hydrazine groups is 1. The lowest BCUT2D eigenvalue weighted by molar-refractivity contribution is 0.366. The van der Waals surface area contributed by atoms with E-state index in [1.54, 1.807) is 13.4 Å². The van der Waals surface area contributed by atoms with Crippen LogP contribution in [0.25, 0.3) is 11.8 Å². The van der Waals surface area contributed by atoms with Crippen LogP contribution in [-0.2, 0) is 0 Å². The highest BCUT2D eigenvalue weighted by Crippen LogP contribution is 2.30. The van der Waals surface area contributed by atoms with Crippen LogP contribution in [0.2, 0.25) is 0 Å². The van der Waals surface area contributed by atoms with Crippen LogP contribution in [0.5, 0.6) is 5.75 Å². The van der Waals surface area contributed by atoms with Gasteiger partial charge in [0.15, 0.2) is 0 Å². The van der Waals surface area contributed by atoms with Gasteiger partial charge in [-0.05, 0) is 79.8 Å². The fourth-order valence-corrected chi connectivity index (χ4v) is 4.52. The van der Waals surface area contributed by atoms with Gasteiger partial charge in [-0.25, -0.2) is 9.37 Å². The van der Waals surface area contributed by atoms with Crippen LogP contribution in [0.3, 0.4) is 0 Å². The number of piperidine rings is 1. The van der Waals surface area contributed by atoms with E-state index in [2.05, 4.69) is 39.3 Å². The van der Waals surface area contributed by atoms with E-state index in [-0.39, 0.29) is 5.82 Å². The quantitative estimate of drug-likeness (QED) is 0.565. The van der Waals surface area contributed by atoms with Crippen molar-refractivity contribution in [2.24, 2.45) is 4.99 Å². The molecule has 1 aromatic heterocycles. The first kappa shape index (κ1) is 21.2. The number of anilines is 1. The molecule has 3 aromatic rings. The fourth-order valence-electron chi connectivity index (χ4n) is 4.52. The molecule has 0 spiro atoms. The average molecular weight is 446 g/mol. The number of ether oxygens (including phenoxy) is 1. The van der Waals surface area contributed by atoms with Crippen molar-refractivity contribution in [1.29, 1.82) is 0 Å². The Bertz CT molecular complexity index is 1200. The van der Waals surface area contributed by atoms with E-state index in [0.717, 1.165) is 73.1 Å². The Kier molecular flexibility index (Phi) is 5.86. The van der Waals surface area contributed by atoms with Crippen molar-refractivity contribution >= 4 is 17.6 Å². The lowest BCUT2D eigenvalue weighted by atomic mass is 10.0. The van der Waals surface area contributed by atoms with Crippen molar-refractivity contribution in [2.75, 3.05) is 31.8 Å². The Morgan fingerprint density at radius 1 is 1.03 bits per heavy atom. The molecule has 0 unspecified atom stereocenters. The van der Waals surface area contributed by atoms with Gasteiger partial charge in [0.1, 0.15) is 17.4 Å². The molecule has 2 aliphatic heterocycles. The number of methoxy groups -OCH3 is 1. The summed E-state index contributed by atoms with van der Waals surface area (Å²) in [7, 11) is 1.69. The van der Waals surface area contributed by atoms with Crippen molar-refractivity contribution in [3.63, 3.8) is 0 Å². The lowest BCUT2D eigenvalue weighted by Crippen LogP contribution is -2.49. The number of halogens is 1. The maximum atomic E-state index is 13.5. The highest BCUT2D eigenvalue weighted by Gasteiger charge is 2.28. The number of aliphatic imine (C=N–C) groups is 1. The SMILES string of the molecule is COc1cc(/C=C2\CCCN3C2=NCCCN3c2ccc(F)cc2)ccc1-n1cnc(C)c1. The molecule has 0 amide bonds. The van der Waals surface area contributed by atoms with Crippen molar-refractivity contribution in [3.8, 4) is 11.4 Å². The summed E-state index contributed by atoms with van der Waals surface area (Å²) < 4.78 is 21.2. The number of benzene rings is 2. The van der Waals surface area contributed by atoms with Crippen LogP contribution in [0.15, 0.2) is 65.6 Å². The number of rotatable bonds is 4. The number of nitrogens with zero attached hydrogens (tertiary/aromatic N) is 5. The maximum absolute atomic E-state index is 13.5. The van der Waals surface area contributed by atoms with E-state index in [1.165, 1.54) is 17.7 Å². The molecular weight excluding hydrogens is 417 g/mol. The maximum Gasteiger partial charge on any atom is 0.145 e. The predicted molar refractivity (Wildman–Crippen MR) is 129 cm³/mol. The van der Waals surface area contributed by atoms with Crippen molar-refractivity contribution in [3.05, 3.63) is 77.6 Å². The molecule has 1 fully saturated rings. The Hall–Kier alpha value is -3.61. The topological polar surface area (TPSA) is 45.9 Å². The van der Waals surface area contributed by atoms with Gasteiger partial charge in [0, 0.05) is 25.8 Å². The molecule has 2 aromatic carbocycles. The Morgan fingerprint density at radius 3 is 2.61 bits per heavy atom. The lowest BCUT2D eigenvalue weighted by Gasteiger charge is -2.40. The summed E-state index contributed by atoms with van der Waals surface area (Å²) in [4.78, 5) is 9.27. The summed E-state index contributed by atoms with van der Waals surface area (Å²) in [6.07, 6.45) is 8.96. The summed E-state index contributed by atoms with van der Waals surface area (Å²) >= 11 is 0. The van der Waals surface area contributed by atoms with Gasteiger partial charge in [0.05, 0.1) is 30.5 Å². The van der Waals surface area contributed by atoms with E-state index < -0.39 is 0 Å². The molecule has 5 rings (SSSR count). The second-order valence-corrected chi connectivity index (χ2v) is 8.41. The molecule has 2 aliphatic rings. The number of aryl methyl sites for hydroxylation is 1. The Balaban J connectivity index is 1.47. The van der Waals surface area contributed by atoms with Crippen LogP contribution < -0.4 is 9.75 Å².